The van der Waals surface area contributed by atoms with E-state index >= 15 is 0 Å². The molecule has 3 rings (SSSR count). The Hall–Kier alpha value is -2.28. The molecule has 1 aromatic heterocycles. The van der Waals surface area contributed by atoms with Gasteiger partial charge in [-0.15, -0.1) is 13.2 Å². The molecule has 1 aromatic carbocycles. The van der Waals surface area contributed by atoms with Gasteiger partial charge in [-0.05, 0) is 23.3 Å². The number of alkyl halides is 3. The first-order chi connectivity index (χ1) is 10.4. The van der Waals surface area contributed by atoms with Gasteiger partial charge in [0.05, 0.1) is 18.3 Å². The second kappa shape index (κ2) is 5.49. The lowest BCUT2D eigenvalue weighted by Gasteiger charge is -2.18. The molecule has 2 aromatic rings. The number of benzene rings is 1. The number of rotatable bonds is 3. The summed E-state index contributed by atoms with van der Waals surface area (Å²) < 4.78 is 40.0. The molecule has 2 atom stereocenters. The van der Waals surface area contributed by atoms with E-state index in [-0.39, 0.29) is 11.8 Å². The van der Waals surface area contributed by atoms with Crippen LogP contribution in [-0.2, 0) is 6.42 Å². The molecule has 1 heterocycles. The molecule has 0 spiro atoms. The molecule has 2 unspecified atom stereocenters. The highest BCUT2D eigenvalue weighted by molar-refractivity contribution is 5.46. The average Bonchev–Trinajstić information content (AvgIpc) is 2.76. The summed E-state index contributed by atoms with van der Waals surface area (Å²) in [6, 6.07) is 9.84. The van der Waals surface area contributed by atoms with Crippen LogP contribution in [0, 0.1) is 0 Å². The van der Waals surface area contributed by atoms with Gasteiger partial charge in [0, 0.05) is 6.42 Å². The van der Waals surface area contributed by atoms with Gasteiger partial charge in [0.2, 0.25) is 0 Å². The number of hydrogen-bond donors (Lipinski definition) is 2. The topological polar surface area (TPSA) is 54.4 Å². The number of halogens is 3. The third-order valence-corrected chi connectivity index (χ3v) is 3.48. The Bertz CT molecular complexity index is 659. The summed E-state index contributed by atoms with van der Waals surface area (Å²) in [6.07, 6.45) is -3.83. The number of anilines is 1. The van der Waals surface area contributed by atoms with Gasteiger partial charge in [-0.1, -0.05) is 24.3 Å². The number of nitrogens with zero attached hydrogens (tertiary/aromatic N) is 1. The van der Waals surface area contributed by atoms with E-state index in [0.29, 0.717) is 12.2 Å². The first kappa shape index (κ1) is 14.6. The minimum Gasteiger partial charge on any atom is -0.404 e. The van der Waals surface area contributed by atoms with E-state index in [4.69, 9.17) is 0 Å². The van der Waals surface area contributed by atoms with Crippen LogP contribution in [0.1, 0.15) is 17.2 Å². The molecule has 0 fully saturated rings. The minimum absolute atomic E-state index is 0.335. The number of pyridine rings is 1. The first-order valence-corrected chi connectivity index (χ1v) is 6.66. The highest BCUT2D eigenvalue weighted by atomic mass is 19.4. The van der Waals surface area contributed by atoms with E-state index in [9.17, 15) is 18.3 Å². The lowest BCUT2D eigenvalue weighted by molar-refractivity contribution is -0.274. The van der Waals surface area contributed by atoms with Gasteiger partial charge in [-0.25, -0.2) is 4.98 Å². The summed E-state index contributed by atoms with van der Waals surface area (Å²) in [4.78, 5) is 3.89. The maximum Gasteiger partial charge on any atom is 0.573 e. The molecular weight excluding hydrogens is 297 g/mol. The summed E-state index contributed by atoms with van der Waals surface area (Å²) in [5.74, 6) is -0.0132. The van der Waals surface area contributed by atoms with Crippen molar-refractivity contribution in [3.8, 4) is 5.75 Å². The molecule has 7 heteroatoms. The van der Waals surface area contributed by atoms with E-state index in [1.165, 1.54) is 12.1 Å². The van der Waals surface area contributed by atoms with Crippen LogP contribution in [0.3, 0.4) is 0 Å². The number of ether oxygens (including phenoxy) is 1. The van der Waals surface area contributed by atoms with Crippen LogP contribution in [0.4, 0.5) is 19.0 Å². The van der Waals surface area contributed by atoms with Crippen molar-refractivity contribution < 1.29 is 23.0 Å². The summed E-state index contributed by atoms with van der Waals surface area (Å²) in [5, 5.41) is 13.2. The Labute approximate surface area is 124 Å². The zero-order valence-electron chi connectivity index (χ0n) is 11.3. The predicted molar refractivity (Wildman–Crippen MR) is 73.4 cm³/mol. The lowest BCUT2D eigenvalue weighted by atomic mass is 10.1. The van der Waals surface area contributed by atoms with Crippen molar-refractivity contribution in [2.45, 2.75) is 24.9 Å². The van der Waals surface area contributed by atoms with Crippen LogP contribution in [0.25, 0.3) is 0 Å². The van der Waals surface area contributed by atoms with Gasteiger partial charge in [-0.2, -0.15) is 0 Å². The number of aromatic nitrogens is 1. The Kier molecular flexibility index (Phi) is 3.66. The summed E-state index contributed by atoms with van der Waals surface area (Å²) in [6.45, 7) is 0. The third kappa shape index (κ3) is 3.14. The zero-order valence-corrected chi connectivity index (χ0v) is 11.3. The van der Waals surface area contributed by atoms with Gasteiger partial charge in [0.15, 0.2) is 0 Å². The third-order valence-electron chi connectivity index (χ3n) is 3.48. The number of aliphatic hydroxyl groups excluding tert-OH is 1. The second-order valence-corrected chi connectivity index (χ2v) is 5.02. The predicted octanol–water partition coefficient (Wildman–Crippen LogP) is 3.05. The van der Waals surface area contributed by atoms with E-state index in [0.717, 1.165) is 17.3 Å². The molecule has 1 aliphatic rings. The maximum absolute atomic E-state index is 12.1. The van der Waals surface area contributed by atoms with Crippen LogP contribution in [-0.4, -0.2) is 22.6 Å². The molecule has 2 N–H and O–H groups in total. The molecule has 0 saturated carbocycles. The zero-order chi connectivity index (χ0) is 15.7. The molecule has 0 aliphatic heterocycles. The van der Waals surface area contributed by atoms with E-state index < -0.39 is 12.5 Å². The molecular formula is C15H13F3N2O2. The Morgan fingerprint density at radius 2 is 1.95 bits per heavy atom. The number of aliphatic hydroxyl groups is 1. The fourth-order valence-corrected chi connectivity index (χ4v) is 2.57. The average molecular weight is 310 g/mol. The number of fused-ring (bicyclic) bond motifs is 1. The molecule has 0 bridgehead atoms. The van der Waals surface area contributed by atoms with Gasteiger partial charge in [0.1, 0.15) is 11.6 Å². The van der Waals surface area contributed by atoms with Crippen LogP contribution in [0.2, 0.25) is 0 Å². The maximum atomic E-state index is 12.1. The van der Waals surface area contributed by atoms with Crippen molar-refractivity contribution in [3.05, 3.63) is 53.7 Å². The standard InChI is InChI=1S/C15H13F3N2O2/c16-15(17,18)22-10-5-6-13(19-8-10)20-14-11-4-2-1-3-9(11)7-12(14)21/h1-6,8,12,14,21H,7H2,(H,19,20). The summed E-state index contributed by atoms with van der Waals surface area (Å²) in [5.41, 5.74) is 2.01. The lowest BCUT2D eigenvalue weighted by Crippen LogP contribution is -2.21. The van der Waals surface area contributed by atoms with E-state index in [1.54, 1.807) is 0 Å². The fourth-order valence-electron chi connectivity index (χ4n) is 2.57. The molecule has 0 radical (unpaired) electrons. The molecule has 0 amide bonds. The van der Waals surface area contributed by atoms with Crippen LogP contribution >= 0.6 is 0 Å². The molecule has 22 heavy (non-hydrogen) atoms. The van der Waals surface area contributed by atoms with E-state index in [1.807, 2.05) is 24.3 Å². The largest absolute Gasteiger partial charge is 0.573 e. The van der Waals surface area contributed by atoms with Crippen molar-refractivity contribution in [2.75, 3.05) is 5.32 Å². The molecule has 0 saturated heterocycles. The molecule has 116 valence electrons. The van der Waals surface area contributed by atoms with Crippen molar-refractivity contribution >= 4 is 5.82 Å². The Morgan fingerprint density at radius 3 is 2.64 bits per heavy atom. The SMILES string of the molecule is OC1Cc2ccccc2C1Nc1ccc(OC(F)(F)F)cn1. The van der Waals surface area contributed by atoms with E-state index in [2.05, 4.69) is 15.0 Å². The normalized spacial score (nSPS) is 20.5. The first-order valence-electron chi connectivity index (χ1n) is 6.66. The fraction of sp³-hybridized carbons (Fsp3) is 0.267. The molecule has 1 aliphatic carbocycles. The smallest absolute Gasteiger partial charge is 0.404 e. The Balaban J connectivity index is 1.74. The minimum atomic E-state index is -4.74. The highest BCUT2D eigenvalue weighted by Crippen LogP contribution is 2.34. The summed E-state index contributed by atoms with van der Waals surface area (Å²) >= 11 is 0. The number of hydrogen-bond acceptors (Lipinski definition) is 4. The van der Waals surface area contributed by atoms with Gasteiger partial charge < -0.3 is 15.2 Å². The highest BCUT2D eigenvalue weighted by Gasteiger charge is 2.32. The molecule has 4 nitrogen and oxygen atoms in total. The van der Waals surface area contributed by atoms with Crippen molar-refractivity contribution in [1.29, 1.82) is 0 Å². The van der Waals surface area contributed by atoms with Crippen molar-refractivity contribution in [1.82, 2.24) is 4.98 Å². The quantitative estimate of drug-likeness (QED) is 0.915. The van der Waals surface area contributed by atoms with Crippen LogP contribution in [0.5, 0.6) is 5.75 Å². The van der Waals surface area contributed by atoms with Gasteiger partial charge in [0.25, 0.3) is 0 Å². The van der Waals surface area contributed by atoms with Gasteiger partial charge in [-0.3, -0.25) is 0 Å². The van der Waals surface area contributed by atoms with Crippen molar-refractivity contribution in [3.63, 3.8) is 0 Å². The Morgan fingerprint density at radius 1 is 1.18 bits per heavy atom. The van der Waals surface area contributed by atoms with Crippen LogP contribution < -0.4 is 10.1 Å². The van der Waals surface area contributed by atoms with Crippen LogP contribution in [0.15, 0.2) is 42.6 Å². The monoisotopic (exact) mass is 310 g/mol. The van der Waals surface area contributed by atoms with Crippen molar-refractivity contribution in [2.24, 2.45) is 0 Å². The summed E-state index contributed by atoms with van der Waals surface area (Å²) in [7, 11) is 0. The number of nitrogens with one attached hydrogen (secondary N) is 1. The van der Waals surface area contributed by atoms with Gasteiger partial charge >= 0.3 is 6.36 Å². The second-order valence-electron chi connectivity index (χ2n) is 5.02.